The first kappa shape index (κ1) is 19.7. The van der Waals surface area contributed by atoms with Gasteiger partial charge >= 0.3 is 0 Å². The van der Waals surface area contributed by atoms with E-state index in [-0.39, 0.29) is 11.8 Å². The summed E-state index contributed by atoms with van der Waals surface area (Å²) >= 11 is 19.8. The number of halogens is 3. The topological polar surface area (TPSA) is 49.4 Å². The third-order valence-electron chi connectivity index (χ3n) is 4.42. The smallest absolute Gasteiger partial charge is 0.262 e. The Morgan fingerprint density at radius 3 is 2.81 bits per heavy atom. The highest BCUT2D eigenvalue weighted by molar-refractivity contribution is 7.21. The minimum Gasteiger partial charge on any atom is -0.351 e. The van der Waals surface area contributed by atoms with Gasteiger partial charge in [-0.3, -0.25) is 9.59 Å². The molecule has 2 aromatic rings. The number of fused-ring (bicyclic) bond motifs is 1. The lowest BCUT2D eigenvalue weighted by molar-refractivity contribution is -0.130. The van der Waals surface area contributed by atoms with Crippen LogP contribution < -0.4 is 5.32 Å². The average molecular weight is 434 g/mol. The molecule has 0 atom stereocenters. The van der Waals surface area contributed by atoms with Crippen LogP contribution in [0, 0.1) is 0 Å². The number of hydrogen-bond donors (Lipinski definition) is 1. The van der Waals surface area contributed by atoms with Crippen molar-refractivity contribution in [2.45, 2.75) is 32.1 Å². The van der Waals surface area contributed by atoms with Crippen molar-refractivity contribution in [3.63, 3.8) is 0 Å². The van der Waals surface area contributed by atoms with Gasteiger partial charge in [-0.1, -0.05) is 41.2 Å². The van der Waals surface area contributed by atoms with Gasteiger partial charge in [-0.25, -0.2) is 0 Å². The van der Waals surface area contributed by atoms with E-state index in [0.29, 0.717) is 51.3 Å². The van der Waals surface area contributed by atoms with Crippen LogP contribution in [0.4, 0.5) is 0 Å². The van der Waals surface area contributed by atoms with Crippen LogP contribution in [0.2, 0.25) is 15.1 Å². The molecule has 0 spiro atoms. The molecule has 0 bridgehead atoms. The van der Waals surface area contributed by atoms with Crippen LogP contribution in [-0.2, 0) is 4.79 Å². The van der Waals surface area contributed by atoms with Crippen molar-refractivity contribution in [1.82, 2.24) is 10.2 Å². The molecule has 1 aromatic heterocycles. The van der Waals surface area contributed by atoms with E-state index >= 15 is 0 Å². The standard InChI is InChI=1S/C18H19Cl3N2O2S/c19-11-9-12(20)15-13(10-11)26-17(16(15)21)18(25)22-6-4-8-23-7-3-1-2-5-14(23)24/h9-10H,1-8H2,(H,22,25). The quantitative estimate of drug-likeness (QED) is 0.643. The molecule has 1 aliphatic rings. The highest BCUT2D eigenvalue weighted by Crippen LogP contribution is 2.41. The molecule has 0 unspecified atom stereocenters. The summed E-state index contributed by atoms with van der Waals surface area (Å²) in [6, 6.07) is 3.37. The van der Waals surface area contributed by atoms with Gasteiger partial charge in [-0.15, -0.1) is 11.3 Å². The zero-order chi connectivity index (χ0) is 18.7. The van der Waals surface area contributed by atoms with Crippen molar-refractivity contribution in [2.24, 2.45) is 0 Å². The number of thiophene rings is 1. The van der Waals surface area contributed by atoms with Crippen molar-refractivity contribution in [2.75, 3.05) is 19.6 Å². The molecule has 0 aliphatic carbocycles. The number of nitrogens with zero attached hydrogens (tertiary/aromatic N) is 1. The van der Waals surface area contributed by atoms with E-state index in [1.165, 1.54) is 11.3 Å². The lowest BCUT2D eigenvalue weighted by atomic mass is 10.2. The van der Waals surface area contributed by atoms with E-state index in [2.05, 4.69) is 5.32 Å². The molecule has 2 amide bonds. The highest BCUT2D eigenvalue weighted by atomic mass is 35.5. The summed E-state index contributed by atoms with van der Waals surface area (Å²) in [5.41, 5.74) is 0. The maximum atomic E-state index is 12.5. The summed E-state index contributed by atoms with van der Waals surface area (Å²) in [4.78, 5) is 26.8. The molecule has 3 rings (SSSR count). The van der Waals surface area contributed by atoms with Crippen molar-refractivity contribution in [3.05, 3.63) is 32.1 Å². The average Bonchev–Trinajstić information content (AvgIpc) is 2.78. The third-order valence-corrected chi connectivity index (χ3v) is 6.56. The summed E-state index contributed by atoms with van der Waals surface area (Å²) in [6.45, 7) is 1.97. The molecule has 1 saturated heterocycles. The third kappa shape index (κ3) is 4.45. The molecular formula is C18H19Cl3N2O2S. The SMILES string of the molecule is O=C(NCCCN1CCCCCC1=O)c1sc2cc(Cl)cc(Cl)c2c1Cl. The van der Waals surface area contributed by atoms with Crippen LogP contribution in [0.15, 0.2) is 12.1 Å². The molecule has 0 radical (unpaired) electrons. The second-order valence-corrected chi connectivity index (χ2v) is 8.58. The Morgan fingerprint density at radius 1 is 1.19 bits per heavy atom. The summed E-state index contributed by atoms with van der Waals surface area (Å²) in [7, 11) is 0. The molecule has 140 valence electrons. The number of rotatable bonds is 5. The molecular weight excluding hydrogens is 415 g/mol. The highest BCUT2D eigenvalue weighted by Gasteiger charge is 2.20. The number of amides is 2. The molecule has 1 N–H and O–H groups in total. The Labute approximate surface area is 171 Å². The first-order valence-corrected chi connectivity index (χ1v) is 10.6. The maximum absolute atomic E-state index is 12.5. The Balaban J connectivity index is 1.58. The Bertz CT molecular complexity index is 837. The number of carbonyl (C=O) groups excluding carboxylic acids is 2. The largest absolute Gasteiger partial charge is 0.351 e. The molecule has 8 heteroatoms. The number of carbonyl (C=O) groups is 2. The monoisotopic (exact) mass is 432 g/mol. The normalized spacial score (nSPS) is 15.3. The van der Waals surface area contributed by atoms with E-state index in [9.17, 15) is 9.59 Å². The van der Waals surface area contributed by atoms with Crippen molar-refractivity contribution < 1.29 is 9.59 Å². The van der Waals surface area contributed by atoms with Gasteiger partial charge in [0.1, 0.15) is 4.88 Å². The number of hydrogen-bond acceptors (Lipinski definition) is 3. The van der Waals surface area contributed by atoms with Gasteiger partial charge in [-0.2, -0.15) is 0 Å². The molecule has 0 saturated carbocycles. The van der Waals surface area contributed by atoms with E-state index in [1.807, 2.05) is 4.90 Å². The number of nitrogens with one attached hydrogen (secondary N) is 1. The van der Waals surface area contributed by atoms with Gasteiger partial charge in [0.2, 0.25) is 5.91 Å². The zero-order valence-electron chi connectivity index (χ0n) is 14.1. The van der Waals surface area contributed by atoms with E-state index in [4.69, 9.17) is 34.8 Å². The molecule has 4 nitrogen and oxygen atoms in total. The van der Waals surface area contributed by atoms with E-state index in [0.717, 1.165) is 30.5 Å². The van der Waals surface area contributed by atoms with Crippen LogP contribution in [0.5, 0.6) is 0 Å². The fourth-order valence-electron chi connectivity index (χ4n) is 3.08. The maximum Gasteiger partial charge on any atom is 0.262 e. The predicted octanol–water partition coefficient (Wildman–Crippen LogP) is 5.38. The molecule has 26 heavy (non-hydrogen) atoms. The van der Waals surface area contributed by atoms with Crippen molar-refractivity contribution >= 4 is 68.0 Å². The zero-order valence-corrected chi connectivity index (χ0v) is 17.2. The Morgan fingerprint density at radius 2 is 2.00 bits per heavy atom. The van der Waals surface area contributed by atoms with Crippen LogP contribution >= 0.6 is 46.1 Å². The molecule has 1 fully saturated rings. The van der Waals surface area contributed by atoms with Crippen LogP contribution in [0.3, 0.4) is 0 Å². The summed E-state index contributed by atoms with van der Waals surface area (Å²) in [5, 5.41) is 4.83. The first-order chi connectivity index (χ1) is 12.5. The Kier molecular flexibility index (Phi) is 6.67. The summed E-state index contributed by atoms with van der Waals surface area (Å²) in [6.07, 6.45) is 4.48. The minimum absolute atomic E-state index is 0.216. The molecule has 2 heterocycles. The number of likely N-dealkylation sites (tertiary alicyclic amines) is 1. The van der Waals surface area contributed by atoms with Crippen LogP contribution in [0.25, 0.3) is 10.1 Å². The van der Waals surface area contributed by atoms with E-state index < -0.39 is 0 Å². The second-order valence-electron chi connectivity index (χ2n) is 6.31. The second kappa shape index (κ2) is 8.79. The van der Waals surface area contributed by atoms with Crippen molar-refractivity contribution in [1.29, 1.82) is 0 Å². The minimum atomic E-state index is -0.231. The van der Waals surface area contributed by atoms with Crippen LogP contribution in [0.1, 0.15) is 41.8 Å². The summed E-state index contributed by atoms with van der Waals surface area (Å²) in [5.74, 6) is -0.0153. The fourth-order valence-corrected chi connectivity index (χ4v) is 5.38. The predicted molar refractivity (Wildman–Crippen MR) is 109 cm³/mol. The van der Waals surface area contributed by atoms with Gasteiger partial charge in [-0.05, 0) is 31.4 Å². The molecule has 1 aliphatic heterocycles. The van der Waals surface area contributed by atoms with Gasteiger partial charge in [0.05, 0.1) is 10.0 Å². The summed E-state index contributed by atoms with van der Waals surface area (Å²) < 4.78 is 0.785. The fraction of sp³-hybridized carbons (Fsp3) is 0.444. The first-order valence-electron chi connectivity index (χ1n) is 8.60. The van der Waals surface area contributed by atoms with Crippen molar-refractivity contribution in [3.8, 4) is 0 Å². The van der Waals surface area contributed by atoms with Gasteiger partial charge in [0, 0.05) is 41.2 Å². The van der Waals surface area contributed by atoms with Gasteiger partial charge in [0.15, 0.2) is 0 Å². The van der Waals surface area contributed by atoms with E-state index in [1.54, 1.807) is 12.1 Å². The molecule has 1 aromatic carbocycles. The Hall–Kier alpha value is -1.01. The lowest BCUT2D eigenvalue weighted by Crippen LogP contribution is -2.33. The number of benzene rings is 1. The van der Waals surface area contributed by atoms with Crippen LogP contribution in [-0.4, -0.2) is 36.3 Å². The van der Waals surface area contributed by atoms with Gasteiger partial charge in [0.25, 0.3) is 5.91 Å². The lowest BCUT2D eigenvalue weighted by Gasteiger charge is -2.20. The van der Waals surface area contributed by atoms with Gasteiger partial charge < -0.3 is 10.2 Å².